The number of hydrogen-bond donors (Lipinski definition) is 1. The fourth-order valence-corrected chi connectivity index (χ4v) is 3.14. The van der Waals surface area contributed by atoms with Crippen molar-refractivity contribution in [3.63, 3.8) is 0 Å². The molecule has 1 N–H and O–H groups in total. The molecule has 2 aromatic rings. The average Bonchev–Trinajstić information content (AvgIpc) is 2.65. The van der Waals surface area contributed by atoms with Crippen LogP contribution in [0.15, 0.2) is 30.6 Å². The monoisotopic (exact) mass is 359 g/mol. The zero-order valence-corrected chi connectivity index (χ0v) is 15.3. The third-order valence-electron chi connectivity index (χ3n) is 4.39. The Labute approximate surface area is 153 Å². The molecular formula is C19H22ClN3O2. The minimum atomic E-state index is 0.0371. The maximum absolute atomic E-state index is 12.6. The largest absolute Gasteiger partial charge is 0.495 e. The summed E-state index contributed by atoms with van der Waals surface area (Å²) in [5, 5.41) is 3.92. The van der Waals surface area contributed by atoms with Crippen LogP contribution in [0.2, 0.25) is 5.02 Å². The van der Waals surface area contributed by atoms with Gasteiger partial charge in [-0.3, -0.25) is 9.78 Å². The third kappa shape index (κ3) is 4.04. The number of halogens is 1. The zero-order chi connectivity index (χ0) is 17.8. The maximum atomic E-state index is 12.6. The molecule has 0 atom stereocenters. The summed E-state index contributed by atoms with van der Waals surface area (Å²) >= 11 is 6.15. The van der Waals surface area contributed by atoms with Crippen molar-refractivity contribution in [1.29, 1.82) is 0 Å². The van der Waals surface area contributed by atoms with Crippen molar-refractivity contribution < 1.29 is 9.53 Å². The number of aromatic nitrogens is 1. The number of nitrogens with zero attached hydrogens (tertiary/aromatic N) is 2. The number of methoxy groups -OCH3 is 1. The van der Waals surface area contributed by atoms with Crippen molar-refractivity contribution >= 4 is 28.9 Å². The van der Waals surface area contributed by atoms with Gasteiger partial charge in [-0.15, -0.1) is 0 Å². The lowest BCUT2D eigenvalue weighted by molar-refractivity contribution is 0.0724. The quantitative estimate of drug-likeness (QED) is 0.877. The number of rotatable bonds is 4. The van der Waals surface area contributed by atoms with Crippen LogP contribution < -0.4 is 10.1 Å². The number of carbonyl (C=O) groups excluding carboxylic acids is 1. The van der Waals surface area contributed by atoms with Crippen molar-refractivity contribution in [3.8, 4) is 5.75 Å². The molecule has 2 heterocycles. The minimum Gasteiger partial charge on any atom is -0.495 e. The molecule has 5 nitrogen and oxygen atoms in total. The normalized spacial score (nSPS) is 14.3. The molecule has 1 aliphatic rings. The van der Waals surface area contributed by atoms with Gasteiger partial charge in [-0.2, -0.15) is 0 Å². The third-order valence-corrected chi connectivity index (χ3v) is 4.80. The van der Waals surface area contributed by atoms with E-state index in [9.17, 15) is 4.79 Å². The number of pyridine rings is 1. The Morgan fingerprint density at radius 2 is 1.96 bits per heavy atom. The Morgan fingerprint density at radius 1 is 1.20 bits per heavy atom. The van der Waals surface area contributed by atoms with E-state index in [1.807, 2.05) is 24.0 Å². The predicted octanol–water partition coefficient (Wildman–Crippen LogP) is 4.42. The summed E-state index contributed by atoms with van der Waals surface area (Å²) in [6, 6.07) is 5.52. The molecule has 6 heteroatoms. The maximum Gasteiger partial charge on any atom is 0.255 e. The second kappa shape index (κ2) is 7.74. The fraction of sp³-hybridized carbons (Fsp3) is 0.368. The van der Waals surface area contributed by atoms with E-state index in [4.69, 9.17) is 16.3 Å². The summed E-state index contributed by atoms with van der Waals surface area (Å²) in [5.41, 5.74) is 3.06. The molecule has 1 aromatic heterocycles. The summed E-state index contributed by atoms with van der Waals surface area (Å²) in [5.74, 6) is 0.679. The number of carbonyl (C=O) groups is 1. The number of piperidine rings is 1. The number of anilines is 2. The second-order valence-corrected chi connectivity index (χ2v) is 6.65. The Hall–Kier alpha value is -2.27. The first kappa shape index (κ1) is 17.5. The average molecular weight is 360 g/mol. The highest BCUT2D eigenvalue weighted by atomic mass is 35.5. The van der Waals surface area contributed by atoms with Crippen molar-refractivity contribution in [1.82, 2.24) is 9.88 Å². The lowest BCUT2D eigenvalue weighted by atomic mass is 10.1. The molecule has 0 aliphatic carbocycles. The second-order valence-electron chi connectivity index (χ2n) is 6.24. The summed E-state index contributed by atoms with van der Waals surface area (Å²) < 4.78 is 5.38. The van der Waals surface area contributed by atoms with Crippen molar-refractivity contribution in [2.45, 2.75) is 26.2 Å². The number of hydrogen-bond acceptors (Lipinski definition) is 4. The van der Waals surface area contributed by atoms with E-state index in [-0.39, 0.29) is 5.91 Å². The predicted molar refractivity (Wildman–Crippen MR) is 100 cm³/mol. The Balaban J connectivity index is 1.82. The highest BCUT2D eigenvalue weighted by molar-refractivity contribution is 6.31. The van der Waals surface area contributed by atoms with Gasteiger partial charge in [0.25, 0.3) is 5.91 Å². The van der Waals surface area contributed by atoms with Gasteiger partial charge in [0.05, 0.1) is 30.2 Å². The molecule has 1 amide bonds. The molecule has 1 aliphatic heterocycles. The number of aryl methyl sites for hydroxylation is 1. The Morgan fingerprint density at radius 3 is 2.68 bits per heavy atom. The van der Waals surface area contributed by atoms with Crippen LogP contribution in [-0.2, 0) is 0 Å². The molecule has 0 spiro atoms. The van der Waals surface area contributed by atoms with Crippen LogP contribution in [0, 0.1) is 6.92 Å². The molecule has 1 fully saturated rings. The number of likely N-dealkylation sites (tertiary alicyclic amines) is 1. The molecule has 0 bridgehead atoms. The summed E-state index contributed by atoms with van der Waals surface area (Å²) in [6.07, 6.45) is 6.64. The van der Waals surface area contributed by atoms with Gasteiger partial charge in [0.1, 0.15) is 5.75 Å². The molecular weight excluding hydrogens is 338 g/mol. The van der Waals surface area contributed by atoms with E-state index in [1.54, 1.807) is 25.6 Å². The van der Waals surface area contributed by atoms with Crippen LogP contribution in [0.5, 0.6) is 5.75 Å². The van der Waals surface area contributed by atoms with E-state index in [0.29, 0.717) is 16.3 Å². The van der Waals surface area contributed by atoms with Gasteiger partial charge in [-0.1, -0.05) is 11.6 Å². The zero-order valence-electron chi connectivity index (χ0n) is 14.5. The fourth-order valence-electron chi connectivity index (χ4n) is 2.99. The smallest absolute Gasteiger partial charge is 0.255 e. The Bertz CT molecular complexity index is 773. The van der Waals surface area contributed by atoms with E-state index >= 15 is 0 Å². The topological polar surface area (TPSA) is 54.5 Å². The molecule has 1 saturated heterocycles. The standard InChI is InChI=1S/C19H22ClN3O2/c1-13-8-17(18(25-2)10-16(13)20)22-15-9-14(11-21-12-15)19(24)23-6-4-3-5-7-23/h8-12,22H,3-7H2,1-2H3. The van der Waals surface area contributed by atoms with Gasteiger partial charge in [0.2, 0.25) is 0 Å². The number of ether oxygens (including phenoxy) is 1. The summed E-state index contributed by atoms with van der Waals surface area (Å²) in [6.45, 7) is 3.57. The van der Waals surface area contributed by atoms with Crippen LogP contribution in [0.3, 0.4) is 0 Å². The van der Waals surface area contributed by atoms with Crippen LogP contribution in [0.4, 0.5) is 11.4 Å². The van der Waals surface area contributed by atoms with Gasteiger partial charge in [-0.05, 0) is 43.9 Å². The first-order valence-electron chi connectivity index (χ1n) is 8.44. The number of amides is 1. The molecule has 0 unspecified atom stereocenters. The highest BCUT2D eigenvalue weighted by Crippen LogP contribution is 2.33. The number of nitrogens with one attached hydrogen (secondary N) is 1. The summed E-state index contributed by atoms with van der Waals surface area (Å²) in [7, 11) is 1.60. The SMILES string of the molecule is COc1cc(Cl)c(C)cc1Nc1cncc(C(=O)N2CCCCC2)c1. The lowest BCUT2D eigenvalue weighted by Crippen LogP contribution is -2.35. The van der Waals surface area contributed by atoms with Gasteiger partial charge < -0.3 is 15.0 Å². The van der Waals surface area contributed by atoms with E-state index in [1.165, 1.54) is 6.42 Å². The molecule has 3 rings (SSSR count). The molecule has 132 valence electrons. The van der Waals surface area contributed by atoms with E-state index in [2.05, 4.69) is 10.3 Å². The van der Waals surface area contributed by atoms with E-state index in [0.717, 1.165) is 42.9 Å². The van der Waals surface area contributed by atoms with Gasteiger partial charge in [0, 0.05) is 30.4 Å². The first-order valence-corrected chi connectivity index (χ1v) is 8.82. The van der Waals surface area contributed by atoms with Crippen molar-refractivity contribution in [2.24, 2.45) is 0 Å². The Kier molecular flexibility index (Phi) is 5.43. The van der Waals surface area contributed by atoms with Crippen molar-refractivity contribution in [2.75, 3.05) is 25.5 Å². The van der Waals surface area contributed by atoms with Gasteiger partial charge in [0.15, 0.2) is 0 Å². The molecule has 25 heavy (non-hydrogen) atoms. The minimum absolute atomic E-state index is 0.0371. The number of benzene rings is 1. The highest BCUT2D eigenvalue weighted by Gasteiger charge is 2.19. The van der Waals surface area contributed by atoms with Crippen LogP contribution in [-0.4, -0.2) is 36.0 Å². The van der Waals surface area contributed by atoms with Crippen LogP contribution in [0.1, 0.15) is 35.2 Å². The van der Waals surface area contributed by atoms with E-state index < -0.39 is 0 Å². The summed E-state index contributed by atoms with van der Waals surface area (Å²) in [4.78, 5) is 18.8. The van der Waals surface area contributed by atoms with Gasteiger partial charge in [-0.25, -0.2) is 0 Å². The molecule has 0 radical (unpaired) electrons. The van der Waals surface area contributed by atoms with Crippen LogP contribution >= 0.6 is 11.6 Å². The van der Waals surface area contributed by atoms with Crippen molar-refractivity contribution in [3.05, 3.63) is 46.7 Å². The molecule has 1 aromatic carbocycles. The van der Waals surface area contributed by atoms with Gasteiger partial charge >= 0.3 is 0 Å². The first-order chi connectivity index (χ1) is 12.1. The van der Waals surface area contributed by atoms with Crippen LogP contribution in [0.25, 0.3) is 0 Å². The molecule has 0 saturated carbocycles. The lowest BCUT2D eigenvalue weighted by Gasteiger charge is -2.26.